The fourth-order valence-electron chi connectivity index (χ4n) is 4.56. The molecule has 4 rings (SSSR count). The van der Waals surface area contributed by atoms with Gasteiger partial charge in [0.1, 0.15) is 6.07 Å². The lowest BCUT2D eigenvalue weighted by atomic mass is 9.81. The topological polar surface area (TPSA) is 81.0 Å². The number of rotatable bonds is 4. The van der Waals surface area contributed by atoms with E-state index in [1.807, 2.05) is 6.07 Å². The highest BCUT2D eigenvalue weighted by molar-refractivity contribution is 5.95. The Kier molecular flexibility index (Phi) is 6.03. The second-order valence-electron chi connectivity index (χ2n) is 8.70. The number of nitrogens with one attached hydrogen (secondary N) is 2. The molecule has 1 aliphatic carbocycles. The van der Waals surface area contributed by atoms with E-state index in [2.05, 4.69) is 15.6 Å². The number of alkyl halides is 5. The van der Waals surface area contributed by atoms with Gasteiger partial charge in [0.15, 0.2) is 0 Å². The minimum atomic E-state index is -4.47. The van der Waals surface area contributed by atoms with Gasteiger partial charge in [-0.25, -0.2) is 13.6 Å². The van der Waals surface area contributed by atoms with Gasteiger partial charge in [-0.2, -0.15) is 18.4 Å². The average molecular weight is 467 g/mol. The summed E-state index contributed by atoms with van der Waals surface area (Å²) < 4.78 is 66.9. The van der Waals surface area contributed by atoms with Crippen LogP contribution in [0.2, 0.25) is 0 Å². The molecule has 11 heteroatoms. The molecule has 2 unspecified atom stereocenters. The Balaban J connectivity index is 1.50. The van der Waals surface area contributed by atoms with Crippen LogP contribution in [0, 0.1) is 23.2 Å². The summed E-state index contributed by atoms with van der Waals surface area (Å²) in [5.74, 6) is -4.72. The monoisotopic (exact) mass is 467 g/mol. The number of anilines is 1. The maximum absolute atomic E-state index is 13.7. The zero-order valence-corrected chi connectivity index (χ0v) is 17.5. The summed E-state index contributed by atoms with van der Waals surface area (Å²) in [5, 5.41) is 14.9. The van der Waals surface area contributed by atoms with Crippen molar-refractivity contribution in [2.45, 2.75) is 37.4 Å². The first kappa shape index (κ1) is 23.0. The van der Waals surface area contributed by atoms with Crippen molar-refractivity contribution in [2.24, 2.45) is 11.8 Å². The Morgan fingerprint density at radius 3 is 2.67 bits per heavy atom. The van der Waals surface area contributed by atoms with Crippen LogP contribution < -0.4 is 15.5 Å². The van der Waals surface area contributed by atoms with Crippen LogP contribution in [0.1, 0.15) is 24.8 Å². The molecule has 2 aliphatic rings. The smallest absolute Gasteiger partial charge is 0.368 e. The van der Waals surface area contributed by atoms with E-state index in [1.54, 1.807) is 23.1 Å². The van der Waals surface area contributed by atoms with Crippen LogP contribution in [-0.4, -0.2) is 48.8 Å². The van der Waals surface area contributed by atoms with Gasteiger partial charge in [0.2, 0.25) is 5.92 Å². The van der Waals surface area contributed by atoms with E-state index < -0.39 is 30.1 Å². The van der Waals surface area contributed by atoms with Crippen LogP contribution in [0.4, 0.5) is 32.4 Å². The number of nitrogens with zero attached hydrogens (tertiary/aromatic N) is 3. The average Bonchev–Trinajstić information content (AvgIpc) is 2.74. The first-order chi connectivity index (χ1) is 15.6. The van der Waals surface area contributed by atoms with E-state index in [4.69, 9.17) is 0 Å². The molecular weight excluding hydrogens is 445 g/mol. The highest BCUT2D eigenvalue weighted by atomic mass is 19.4. The SMILES string of the molecule is N#Cc1ccc(N2CC(NC(=O)NCC3CC(F)(F)C3)CC(C(F)(F)F)C2)c2cccnc12. The van der Waals surface area contributed by atoms with Crippen molar-refractivity contribution >= 4 is 22.6 Å². The maximum atomic E-state index is 13.7. The number of hydrogen-bond acceptors (Lipinski definition) is 4. The zero-order chi connectivity index (χ0) is 23.8. The van der Waals surface area contributed by atoms with E-state index in [-0.39, 0.29) is 44.8 Å². The molecule has 1 saturated heterocycles. The van der Waals surface area contributed by atoms with Crippen molar-refractivity contribution < 1.29 is 26.7 Å². The number of hydrogen-bond donors (Lipinski definition) is 2. The number of aromatic nitrogens is 1. The number of benzene rings is 1. The number of piperidine rings is 1. The van der Waals surface area contributed by atoms with E-state index >= 15 is 0 Å². The molecule has 1 aromatic heterocycles. The predicted octanol–water partition coefficient (Wildman–Crippen LogP) is 4.21. The molecule has 0 spiro atoms. The number of carbonyl (C=O) groups is 1. The lowest BCUT2D eigenvalue weighted by Crippen LogP contribution is -2.56. The van der Waals surface area contributed by atoms with Crippen molar-refractivity contribution in [1.82, 2.24) is 15.6 Å². The Labute approximate surface area is 186 Å². The van der Waals surface area contributed by atoms with Gasteiger partial charge in [-0.15, -0.1) is 0 Å². The third-order valence-electron chi connectivity index (χ3n) is 6.18. The number of urea groups is 1. The molecule has 2 N–H and O–H groups in total. The third-order valence-corrected chi connectivity index (χ3v) is 6.18. The van der Waals surface area contributed by atoms with Gasteiger partial charge in [-0.3, -0.25) is 4.98 Å². The predicted molar refractivity (Wildman–Crippen MR) is 111 cm³/mol. The minimum Gasteiger partial charge on any atom is -0.368 e. The second kappa shape index (κ2) is 8.65. The van der Waals surface area contributed by atoms with Crippen molar-refractivity contribution in [3.05, 3.63) is 36.0 Å². The normalized spacial score (nSPS) is 23.0. The number of halogens is 5. The van der Waals surface area contributed by atoms with E-state index in [9.17, 15) is 32.0 Å². The molecule has 33 heavy (non-hydrogen) atoms. The quantitative estimate of drug-likeness (QED) is 0.661. The van der Waals surface area contributed by atoms with Gasteiger partial charge in [0, 0.05) is 55.8 Å². The fraction of sp³-hybridized carbons (Fsp3) is 0.500. The molecule has 6 nitrogen and oxygen atoms in total. The minimum absolute atomic E-state index is 0.0481. The fourth-order valence-corrected chi connectivity index (χ4v) is 4.56. The van der Waals surface area contributed by atoms with Gasteiger partial charge in [0.05, 0.1) is 17.0 Å². The van der Waals surface area contributed by atoms with E-state index in [0.29, 0.717) is 22.2 Å². The molecule has 2 aromatic rings. The lowest BCUT2D eigenvalue weighted by molar-refractivity contribution is -0.177. The Morgan fingerprint density at radius 2 is 2.00 bits per heavy atom. The number of fused-ring (bicyclic) bond motifs is 1. The van der Waals surface area contributed by atoms with Crippen molar-refractivity contribution in [3.8, 4) is 6.07 Å². The van der Waals surface area contributed by atoms with Gasteiger partial charge in [0.25, 0.3) is 0 Å². The molecule has 2 atom stereocenters. The molecule has 2 heterocycles. The Hall–Kier alpha value is -3.16. The van der Waals surface area contributed by atoms with Crippen LogP contribution >= 0.6 is 0 Å². The zero-order valence-electron chi connectivity index (χ0n) is 17.5. The van der Waals surface area contributed by atoms with E-state index in [0.717, 1.165) is 0 Å². The number of nitriles is 1. The summed E-state index contributed by atoms with van der Waals surface area (Å²) in [6.07, 6.45) is -3.86. The Morgan fingerprint density at radius 1 is 1.24 bits per heavy atom. The largest absolute Gasteiger partial charge is 0.393 e. The highest BCUT2D eigenvalue weighted by Gasteiger charge is 2.46. The maximum Gasteiger partial charge on any atom is 0.393 e. The van der Waals surface area contributed by atoms with Crippen LogP contribution in [0.25, 0.3) is 10.9 Å². The van der Waals surface area contributed by atoms with Crippen LogP contribution in [0.5, 0.6) is 0 Å². The molecule has 0 bridgehead atoms. The van der Waals surface area contributed by atoms with E-state index in [1.165, 1.54) is 12.3 Å². The van der Waals surface area contributed by atoms with Gasteiger partial charge < -0.3 is 15.5 Å². The van der Waals surface area contributed by atoms with Crippen molar-refractivity contribution in [1.29, 1.82) is 5.26 Å². The molecule has 2 fully saturated rings. The molecule has 2 amide bonds. The van der Waals surface area contributed by atoms with Crippen molar-refractivity contribution in [2.75, 3.05) is 24.5 Å². The summed E-state index contributed by atoms with van der Waals surface area (Å²) in [5.41, 5.74) is 1.20. The number of amides is 2. The highest BCUT2D eigenvalue weighted by Crippen LogP contribution is 2.42. The Bertz CT molecular complexity index is 1080. The third kappa shape index (κ3) is 5.10. The molecule has 176 valence electrons. The first-order valence-electron chi connectivity index (χ1n) is 10.6. The summed E-state index contributed by atoms with van der Waals surface area (Å²) in [4.78, 5) is 18.0. The first-order valence-corrected chi connectivity index (χ1v) is 10.6. The lowest BCUT2D eigenvalue weighted by Gasteiger charge is -2.40. The van der Waals surface area contributed by atoms with Crippen LogP contribution in [-0.2, 0) is 0 Å². The van der Waals surface area contributed by atoms with Crippen LogP contribution in [0.15, 0.2) is 30.5 Å². The molecule has 1 saturated carbocycles. The van der Waals surface area contributed by atoms with Gasteiger partial charge >= 0.3 is 12.2 Å². The standard InChI is InChI=1S/C22H22F5N5O/c23-21(24)7-13(8-21)10-30-20(33)31-16-6-15(22(25,26)27)11-32(12-16)18-4-3-14(9-28)19-17(18)2-1-5-29-19/h1-5,13,15-16H,6-8,10-12H2,(H2,30,31,33). The van der Waals surface area contributed by atoms with Gasteiger partial charge in [-0.05, 0) is 36.6 Å². The van der Waals surface area contributed by atoms with Crippen molar-refractivity contribution in [3.63, 3.8) is 0 Å². The summed E-state index contributed by atoms with van der Waals surface area (Å²) in [6.45, 7) is -0.125. The number of carbonyl (C=O) groups excluding carboxylic acids is 1. The molecule has 1 aliphatic heterocycles. The van der Waals surface area contributed by atoms with Crippen LogP contribution in [0.3, 0.4) is 0 Å². The molecular formula is C22H22F5N5O. The summed E-state index contributed by atoms with van der Waals surface area (Å²) in [7, 11) is 0. The van der Waals surface area contributed by atoms with Gasteiger partial charge in [-0.1, -0.05) is 0 Å². The molecule has 0 radical (unpaired) electrons. The second-order valence-corrected chi connectivity index (χ2v) is 8.70. The summed E-state index contributed by atoms with van der Waals surface area (Å²) >= 11 is 0. The molecule has 1 aromatic carbocycles. The summed E-state index contributed by atoms with van der Waals surface area (Å²) in [6, 6.07) is 7.00. The number of pyridine rings is 1.